The summed E-state index contributed by atoms with van der Waals surface area (Å²) in [7, 11) is 1.16. The van der Waals surface area contributed by atoms with Crippen molar-refractivity contribution in [1.82, 2.24) is 4.90 Å². The number of halogens is 1. The Kier molecular flexibility index (Phi) is 5.46. The highest BCUT2D eigenvalue weighted by molar-refractivity contribution is 6.32. The minimum Gasteiger partial charge on any atom is -0.482 e. The highest BCUT2D eigenvalue weighted by atomic mass is 19.1. The molecular formula is C27H25FN2O5. The van der Waals surface area contributed by atoms with E-state index in [0.29, 0.717) is 22.6 Å². The molecule has 35 heavy (non-hydrogen) atoms. The smallest absolute Gasteiger partial charge is 0.340 e. The molecule has 2 amide bonds. The Morgan fingerprint density at radius 3 is 2.46 bits per heavy atom. The van der Waals surface area contributed by atoms with Gasteiger partial charge in [-0.1, -0.05) is 12.1 Å². The van der Waals surface area contributed by atoms with Gasteiger partial charge in [-0.2, -0.15) is 0 Å². The van der Waals surface area contributed by atoms with Gasteiger partial charge in [0.25, 0.3) is 11.8 Å². The van der Waals surface area contributed by atoms with E-state index in [2.05, 4.69) is 10.1 Å². The molecule has 0 radical (unpaired) electrons. The third-order valence-corrected chi connectivity index (χ3v) is 6.63. The van der Waals surface area contributed by atoms with Crippen molar-refractivity contribution in [2.75, 3.05) is 25.5 Å². The molecule has 3 heterocycles. The van der Waals surface area contributed by atoms with E-state index in [-0.39, 0.29) is 17.0 Å². The summed E-state index contributed by atoms with van der Waals surface area (Å²) < 4.78 is 25.4. The predicted molar refractivity (Wildman–Crippen MR) is 128 cm³/mol. The standard InChI is InChI=1S/C27H25FN2O5/c1-27(2)19(15-6-8-16(9-7-15)25(32)30-10-4-5-11-30)14-22(35-27)23-18-12-20(28)17(26(33)34-3)13-21(18)29-24(23)31/h6-9,12-14H,4-5,10-11H2,1-3H3,(H,29,31). The van der Waals surface area contributed by atoms with Gasteiger partial charge in [-0.05, 0) is 62.6 Å². The van der Waals surface area contributed by atoms with E-state index in [0.717, 1.165) is 50.2 Å². The van der Waals surface area contributed by atoms with E-state index in [1.54, 1.807) is 18.2 Å². The van der Waals surface area contributed by atoms with E-state index < -0.39 is 23.3 Å². The molecule has 8 heteroatoms. The minimum atomic E-state index is -0.826. The molecule has 1 fully saturated rings. The van der Waals surface area contributed by atoms with E-state index in [9.17, 15) is 18.8 Å². The van der Waals surface area contributed by atoms with Gasteiger partial charge >= 0.3 is 5.97 Å². The second kappa shape index (κ2) is 8.37. The molecule has 7 nitrogen and oxygen atoms in total. The Morgan fingerprint density at radius 1 is 1.11 bits per heavy atom. The molecule has 2 aromatic rings. The lowest BCUT2D eigenvalue weighted by Gasteiger charge is -2.23. The molecule has 0 aromatic heterocycles. The van der Waals surface area contributed by atoms with E-state index in [1.807, 2.05) is 30.9 Å². The predicted octanol–water partition coefficient (Wildman–Crippen LogP) is 4.40. The number of ether oxygens (including phenoxy) is 2. The van der Waals surface area contributed by atoms with Gasteiger partial charge in [-0.15, -0.1) is 0 Å². The first kappa shape index (κ1) is 22.8. The number of benzene rings is 2. The number of hydrogen-bond donors (Lipinski definition) is 1. The monoisotopic (exact) mass is 476 g/mol. The highest BCUT2D eigenvalue weighted by Crippen LogP contribution is 2.44. The molecule has 0 spiro atoms. The summed E-state index contributed by atoms with van der Waals surface area (Å²) in [5.74, 6) is -1.72. The average molecular weight is 477 g/mol. The number of rotatable bonds is 3. The largest absolute Gasteiger partial charge is 0.482 e. The van der Waals surface area contributed by atoms with Crippen LogP contribution in [0.2, 0.25) is 0 Å². The SMILES string of the molecule is COC(=O)c1cc2c(cc1F)C(=C1C=C(c3ccc(C(=O)N4CCCC4)cc3)C(C)(C)O1)C(=O)N2. The first-order valence-electron chi connectivity index (χ1n) is 11.5. The van der Waals surface area contributed by atoms with Crippen LogP contribution in [0.4, 0.5) is 10.1 Å². The van der Waals surface area contributed by atoms with Gasteiger partial charge in [0.1, 0.15) is 17.2 Å². The van der Waals surface area contributed by atoms with Crippen LogP contribution in [0.3, 0.4) is 0 Å². The number of carbonyl (C=O) groups is 3. The van der Waals surface area contributed by atoms with Crippen molar-refractivity contribution in [2.45, 2.75) is 32.3 Å². The van der Waals surface area contributed by atoms with Crippen LogP contribution in [-0.2, 0) is 14.3 Å². The number of esters is 1. The van der Waals surface area contributed by atoms with Crippen molar-refractivity contribution in [2.24, 2.45) is 0 Å². The van der Waals surface area contributed by atoms with Crippen molar-refractivity contribution in [1.29, 1.82) is 0 Å². The Bertz CT molecular complexity index is 1320. The van der Waals surface area contributed by atoms with Crippen molar-refractivity contribution in [3.05, 3.63) is 76.3 Å². The van der Waals surface area contributed by atoms with Crippen LogP contribution < -0.4 is 5.32 Å². The molecule has 3 aliphatic rings. The maximum Gasteiger partial charge on any atom is 0.340 e. The number of likely N-dealkylation sites (tertiary alicyclic amines) is 1. The summed E-state index contributed by atoms with van der Waals surface area (Å²) >= 11 is 0. The van der Waals surface area contributed by atoms with Gasteiger partial charge in [0.15, 0.2) is 0 Å². The van der Waals surface area contributed by atoms with E-state index in [4.69, 9.17) is 4.74 Å². The maximum absolute atomic E-state index is 14.6. The van der Waals surface area contributed by atoms with Gasteiger partial charge in [0.05, 0.1) is 23.9 Å². The Hall–Kier alpha value is -3.94. The maximum atomic E-state index is 14.6. The molecule has 1 N–H and O–H groups in total. The topological polar surface area (TPSA) is 84.9 Å². The molecular weight excluding hydrogens is 451 g/mol. The van der Waals surface area contributed by atoms with Crippen LogP contribution in [0, 0.1) is 5.82 Å². The molecule has 3 aliphatic heterocycles. The summed E-state index contributed by atoms with van der Waals surface area (Å²) in [6.07, 6.45) is 3.84. The van der Waals surface area contributed by atoms with Crippen molar-refractivity contribution >= 4 is 34.6 Å². The number of fused-ring (bicyclic) bond motifs is 1. The van der Waals surface area contributed by atoms with Crippen LogP contribution in [-0.4, -0.2) is 48.5 Å². The van der Waals surface area contributed by atoms with E-state index in [1.165, 1.54) is 6.07 Å². The summed E-state index contributed by atoms with van der Waals surface area (Å²) in [5.41, 5.74) is 2.11. The molecule has 0 saturated carbocycles. The van der Waals surface area contributed by atoms with Crippen LogP contribution in [0.25, 0.3) is 11.1 Å². The second-order valence-corrected chi connectivity index (χ2v) is 9.31. The number of anilines is 1. The van der Waals surface area contributed by atoms with E-state index >= 15 is 0 Å². The molecule has 180 valence electrons. The number of nitrogens with zero attached hydrogens (tertiary/aromatic N) is 1. The first-order chi connectivity index (χ1) is 16.7. The second-order valence-electron chi connectivity index (χ2n) is 9.31. The third kappa shape index (κ3) is 3.88. The molecule has 0 aliphatic carbocycles. The van der Waals surface area contributed by atoms with Crippen LogP contribution >= 0.6 is 0 Å². The van der Waals surface area contributed by atoms with Gasteiger partial charge in [0, 0.05) is 29.8 Å². The normalized spacial score (nSPS) is 20.3. The summed E-state index contributed by atoms with van der Waals surface area (Å²) in [5, 5.41) is 2.68. The van der Waals surface area contributed by atoms with Gasteiger partial charge < -0.3 is 19.7 Å². The lowest BCUT2D eigenvalue weighted by Crippen LogP contribution is -2.27. The highest BCUT2D eigenvalue weighted by Gasteiger charge is 2.38. The lowest BCUT2D eigenvalue weighted by atomic mass is 9.91. The molecule has 1 saturated heterocycles. The number of hydrogen-bond acceptors (Lipinski definition) is 5. The molecule has 0 bridgehead atoms. The number of methoxy groups -OCH3 is 1. The van der Waals surface area contributed by atoms with Gasteiger partial charge in [-0.25, -0.2) is 9.18 Å². The van der Waals surface area contributed by atoms with Crippen molar-refractivity contribution in [3.63, 3.8) is 0 Å². The summed E-state index contributed by atoms with van der Waals surface area (Å²) in [6, 6.07) is 9.77. The zero-order valence-corrected chi connectivity index (χ0v) is 19.7. The average Bonchev–Trinajstić information content (AvgIpc) is 3.54. The Morgan fingerprint density at radius 2 is 1.80 bits per heavy atom. The fourth-order valence-electron chi connectivity index (χ4n) is 4.82. The van der Waals surface area contributed by atoms with Crippen LogP contribution in [0.1, 0.15) is 58.5 Å². The zero-order chi connectivity index (χ0) is 24.9. The summed E-state index contributed by atoms with van der Waals surface area (Å²) in [6.45, 7) is 5.33. The lowest BCUT2D eigenvalue weighted by molar-refractivity contribution is -0.111. The fraction of sp³-hybridized carbons (Fsp3) is 0.296. The molecule has 5 rings (SSSR count). The molecule has 0 unspecified atom stereocenters. The zero-order valence-electron chi connectivity index (χ0n) is 19.7. The van der Waals surface area contributed by atoms with Gasteiger partial charge in [-0.3, -0.25) is 9.59 Å². The first-order valence-corrected chi connectivity index (χ1v) is 11.5. The number of carbonyl (C=O) groups excluding carboxylic acids is 3. The number of allylic oxidation sites excluding steroid dienone is 1. The number of nitrogens with one attached hydrogen (secondary N) is 1. The van der Waals surface area contributed by atoms with Crippen LogP contribution in [0.15, 0.2) is 48.2 Å². The van der Waals surface area contributed by atoms with Gasteiger partial charge in [0.2, 0.25) is 0 Å². The Balaban J connectivity index is 1.51. The molecule has 2 aromatic carbocycles. The fourth-order valence-corrected chi connectivity index (χ4v) is 4.82. The minimum absolute atomic E-state index is 0.0281. The quantitative estimate of drug-likeness (QED) is 0.524. The van der Waals surface area contributed by atoms with Crippen molar-refractivity contribution < 1.29 is 28.2 Å². The molecule has 0 atom stereocenters. The number of amides is 2. The Labute approximate surface area is 202 Å². The van der Waals surface area contributed by atoms with Crippen molar-refractivity contribution in [3.8, 4) is 0 Å². The summed E-state index contributed by atoms with van der Waals surface area (Å²) in [4.78, 5) is 39.2. The van der Waals surface area contributed by atoms with Crippen LogP contribution in [0.5, 0.6) is 0 Å². The third-order valence-electron chi connectivity index (χ3n) is 6.63.